The zero-order chi connectivity index (χ0) is 44.1. The van der Waals surface area contributed by atoms with Crippen molar-refractivity contribution in [3.63, 3.8) is 0 Å². The lowest BCUT2D eigenvalue weighted by molar-refractivity contribution is -0.181. The zero-order valence-electron chi connectivity index (χ0n) is 36.4. The van der Waals surface area contributed by atoms with Gasteiger partial charge in [-0.05, 0) is 79.4 Å². The van der Waals surface area contributed by atoms with Crippen molar-refractivity contribution in [2.24, 2.45) is 57.2 Å². The van der Waals surface area contributed by atoms with Gasteiger partial charge < -0.3 is 38.6 Å². The Hall–Kier alpha value is -3.78. The molecule has 14 nitrogen and oxygen atoms in total. The fourth-order valence-corrected chi connectivity index (χ4v) is 12.0. The molecule has 59 heavy (non-hydrogen) atoms. The van der Waals surface area contributed by atoms with Crippen LogP contribution in [-0.4, -0.2) is 99.4 Å². The highest BCUT2D eigenvalue weighted by molar-refractivity contribution is 5.87. The standard InChI is InChI=1S/C45H68O14/c1-26-13-15-32-42(3,4)17-11-19-44(32,6)30(26)23-58-37(41(53)56-10)29(22-35(48)49)39(51)59-25-43(5)18-12-20-45(7)31(27(2)14-16-33(43)45)24-57-36(40(52)55-9)28(21-34(46)47)38(50)54-8/h28-33,36-37H,1-2,11-25H2,3-10H3,(H,46,47)(H,48,49)/t28-,29-,30-,31-,32+,33-,36-,37+,43+,44-,45+/m0/s1. The summed E-state index contributed by atoms with van der Waals surface area (Å²) in [6.45, 7) is 19.7. The first-order valence-electron chi connectivity index (χ1n) is 21.0. The van der Waals surface area contributed by atoms with Crippen LogP contribution in [0.25, 0.3) is 0 Å². The van der Waals surface area contributed by atoms with E-state index in [0.29, 0.717) is 25.2 Å². The van der Waals surface area contributed by atoms with Crippen LogP contribution in [0.5, 0.6) is 0 Å². The third-order valence-electron chi connectivity index (χ3n) is 15.1. The van der Waals surface area contributed by atoms with Crippen molar-refractivity contribution < 1.29 is 67.4 Å². The number of carbonyl (C=O) groups is 6. The summed E-state index contributed by atoms with van der Waals surface area (Å²) in [6.07, 6.45) is 4.00. The first-order valence-corrected chi connectivity index (χ1v) is 21.0. The highest BCUT2D eigenvalue weighted by Gasteiger charge is 2.57. The Morgan fingerprint density at radius 1 is 0.627 bits per heavy atom. The Morgan fingerprint density at radius 2 is 1.05 bits per heavy atom. The minimum Gasteiger partial charge on any atom is -0.481 e. The molecule has 0 radical (unpaired) electrons. The average molecular weight is 833 g/mol. The van der Waals surface area contributed by atoms with Gasteiger partial charge in [-0.15, -0.1) is 0 Å². The summed E-state index contributed by atoms with van der Waals surface area (Å²) < 4.78 is 33.3. The zero-order valence-corrected chi connectivity index (χ0v) is 36.4. The van der Waals surface area contributed by atoms with Crippen molar-refractivity contribution in [2.75, 3.05) is 41.2 Å². The highest BCUT2D eigenvalue weighted by Crippen LogP contribution is 2.62. The number of methoxy groups -OCH3 is 3. The molecule has 0 spiro atoms. The van der Waals surface area contributed by atoms with Crippen LogP contribution in [-0.2, 0) is 57.2 Å². The topological polar surface area (TPSA) is 198 Å². The van der Waals surface area contributed by atoms with E-state index in [4.69, 9.17) is 28.4 Å². The Bertz CT molecular complexity index is 1620. The number of rotatable bonds is 18. The molecular weight excluding hydrogens is 764 g/mol. The minimum absolute atomic E-state index is 0.0565. The van der Waals surface area contributed by atoms with Crippen molar-refractivity contribution in [3.05, 3.63) is 24.3 Å². The molecular formula is C45H68O14. The van der Waals surface area contributed by atoms with Gasteiger partial charge in [-0.25, -0.2) is 9.59 Å². The van der Waals surface area contributed by atoms with E-state index in [0.717, 1.165) is 70.3 Å². The van der Waals surface area contributed by atoms with Gasteiger partial charge in [-0.2, -0.15) is 0 Å². The number of hydrogen-bond donors (Lipinski definition) is 2. The highest BCUT2D eigenvalue weighted by atomic mass is 16.6. The Morgan fingerprint density at radius 3 is 1.51 bits per heavy atom. The van der Waals surface area contributed by atoms with E-state index in [2.05, 4.69) is 40.9 Å². The number of carbonyl (C=O) groups excluding carboxylic acids is 4. The third kappa shape index (κ3) is 10.2. The Labute approximate surface area is 349 Å². The first-order chi connectivity index (χ1) is 27.6. The van der Waals surface area contributed by atoms with Gasteiger partial charge in [-0.1, -0.05) is 71.8 Å². The van der Waals surface area contributed by atoms with Gasteiger partial charge in [0.05, 0.1) is 54.0 Å². The molecule has 0 amide bonds. The van der Waals surface area contributed by atoms with Gasteiger partial charge in [0, 0.05) is 17.3 Å². The van der Waals surface area contributed by atoms with E-state index >= 15 is 0 Å². The number of esters is 4. The summed E-state index contributed by atoms with van der Waals surface area (Å²) in [4.78, 5) is 76.9. The number of fused-ring (bicyclic) bond motifs is 2. The number of carboxylic acids is 2. The van der Waals surface area contributed by atoms with Gasteiger partial charge >= 0.3 is 35.8 Å². The monoisotopic (exact) mass is 832 g/mol. The van der Waals surface area contributed by atoms with Crippen LogP contribution in [0.2, 0.25) is 0 Å². The molecule has 0 aliphatic heterocycles. The maximum absolute atomic E-state index is 14.1. The molecule has 11 atom stereocenters. The molecule has 4 aliphatic rings. The van der Waals surface area contributed by atoms with Gasteiger partial charge in [-0.3, -0.25) is 19.2 Å². The Kier molecular flexibility index (Phi) is 15.7. The molecule has 14 heteroatoms. The summed E-state index contributed by atoms with van der Waals surface area (Å²) in [6, 6.07) is 0. The molecule has 0 saturated heterocycles. The van der Waals surface area contributed by atoms with Gasteiger partial charge in [0.25, 0.3) is 0 Å². The molecule has 4 fully saturated rings. The molecule has 0 unspecified atom stereocenters. The minimum atomic E-state index is -1.54. The predicted molar refractivity (Wildman–Crippen MR) is 214 cm³/mol. The molecule has 0 bridgehead atoms. The second-order valence-electron chi connectivity index (χ2n) is 19.1. The number of carboxylic acid groups (broad SMARTS) is 2. The number of aliphatic carboxylic acids is 2. The van der Waals surface area contributed by atoms with Crippen molar-refractivity contribution in [2.45, 2.75) is 124 Å². The van der Waals surface area contributed by atoms with Gasteiger partial charge in [0.2, 0.25) is 0 Å². The molecule has 0 heterocycles. The Balaban J connectivity index is 1.54. The van der Waals surface area contributed by atoms with E-state index in [9.17, 15) is 39.0 Å². The summed E-state index contributed by atoms with van der Waals surface area (Å²) in [7, 11) is 3.40. The van der Waals surface area contributed by atoms with Crippen molar-refractivity contribution in [3.8, 4) is 0 Å². The van der Waals surface area contributed by atoms with E-state index in [1.165, 1.54) is 7.11 Å². The van der Waals surface area contributed by atoms with Crippen LogP contribution in [0.15, 0.2) is 24.3 Å². The normalized spacial score (nSPS) is 32.2. The molecule has 332 valence electrons. The van der Waals surface area contributed by atoms with E-state index < -0.39 is 83.5 Å². The third-order valence-corrected chi connectivity index (χ3v) is 15.1. The van der Waals surface area contributed by atoms with E-state index in [1.54, 1.807) is 0 Å². The SMILES string of the molecule is C=C1CC[C@@H]2C(C)(C)CCC[C@@]2(C)[C@H]1CO[C@@H](C(=O)OC)[C@H](CC(=O)O)C(=O)OC[C@@]1(C)CCC[C@]2(C)[C@@H](CO[C@H](C(=O)OC)[C@H](CC(=O)O)C(=O)OC)C(=C)CC[C@@H]12. The van der Waals surface area contributed by atoms with E-state index in [-0.39, 0.29) is 48.4 Å². The van der Waals surface area contributed by atoms with Gasteiger partial charge in [0.15, 0.2) is 12.2 Å². The molecule has 2 N–H and O–H groups in total. The first kappa shape index (κ1) is 47.9. The molecule has 0 aromatic rings. The van der Waals surface area contributed by atoms with E-state index in [1.807, 2.05) is 6.92 Å². The van der Waals surface area contributed by atoms with Crippen LogP contribution in [0.4, 0.5) is 0 Å². The number of ether oxygens (including phenoxy) is 6. The molecule has 0 aromatic heterocycles. The molecule has 4 aliphatic carbocycles. The van der Waals surface area contributed by atoms with Crippen molar-refractivity contribution in [1.82, 2.24) is 0 Å². The summed E-state index contributed by atoms with van der Waals surface area (Å²) in [5.41, 5.74) is 0.809. The van der Waals surface area contributed by atoms with Crippen LogP contribution >= 0.6 is 0 Å². The molecule has 4 saturated carbocycles. The fourth-order valence-electron chi connectivity index (χ4n) is 12.0. The summed E-state index contributed by atoms with van der Waals surface area (Å²) in [5, 5.41) is 19.5. The maximum atomic E-state index is 14.1. The molecule has 4 rings (SSSR count). The fraction of sp³-hybridized carbons (Fsp3) is 0.778. The second kappa shape index (κ2) is 19.3. The largest absolute Gasteiger partial charge is 0.481 e. The van der Waals surface area contributed by atoms with Crippen LogP contribution in [0, 0.1) is 57.2 Å². The quantitative estimate of drug-likeness (QED) is 0.0853. The van der Waals surface area contributed by atoms with Crippen molar-refractivity contribution >= 4 is 35.8 Å². The smallest absolute Gasteiger partial charge is 0.335 e. The van der Waals surface area contributed by atoms with Crippen LogP contribution in [0.1, 0.15) is 112 Å². The lowest BCUT2D eigenvalue weighted by Gasteiger charge is -2.58. The summed E-state index contributed by atoms with van der Waals surface area (Å²) >= 11 is 0. The predicted octanol–water partition coefficient (Wildman–Crippen LogP) is 6.58. The second-order valence-corrected chi connectivity index (χ2v) is 19.1. The van der Waals surface area contributed by atoms with Gasteiger partial charge in [0.1, 0.15) is 11.8 Å². The lowest BCUT2D eigenvalue weighted by Crippen LogP contribution is -2.54. The average Bonchev–Trinajstić information content (AvgIpc) is 3.16. The summed E-state index contributed by atoms with van der Waals surface area (Å²) in [5.74, 6) is -9.14. The number of hydrogen-bond acceptors (Lipinski definition) is 12. The van der Waals surface area contributed by atoms with Crippen LogP contribution in [0.3, 0.4) is 0 Å². The molecule has 0 aromatic carbocycles. The van der Waals surface area contributed by atoms with Crippen LogP contribution < -0.4 is 0 Å². The lowest BCUT2D eigenvalue weighted by atomic mass is 9.47. The maximum Gasteiger partial charge on any atom is 0.335 e. The van der Waals surface area contributed by atoms with Crippen molar-refractivity contribution in [1.29, 1.82) is 0 Å².